The SMILES string of the molecule is O=C(Nc1bccs1)c1cccc2[nH]c(-c3cccc(CN4CCCC4)c3)nc12. The predicted octanol–water partition coefficient (Wildman–Crippen LogP) is 4.48. The topological polar surface area (TPSA) is 61.0 Å². The van der Waals surface area contributed by atoms with Crippen LogP contribution in [0.2, 0.25) is 0 Å². The molecule has 5 rings (SSSR count). The molecule has 0 radical (unpaired) electrons. The van der Waals surface area contributed by atoms with Crippen LogP contribution in [0.3, 0.4) is 0 Å². The van der Waals surface area contributed by atoms with Crippen LogP contribution in [0, 0.1) is 0 Å². The van der Waals surface area contributed by atoms with E-state index in [0.717, 1.165) is 28.3 Å². The van der Waals surface area contributed by atoms with E-state index >= 15 is 0 Å². The number of benzene rings is 2. The number of H-pyrrole nitrogens is 1. The summed E-state index contributed by atoms with van der Waals surface area (Å²) >= 11 is 1.50. The Morgan fingerprint density at radius 2 is 2.07 bits per heavy atom. The fourth-order valence-electron chi connectivity index (χ4n) is 3.90. The van der Waals surface area contributed by atoms with Crippen LogP contribution >= 0.6 is 11.3 Å². The molecule has 0 unspecified atom stereocenters. The molecule has 0 bridgehead atoms. The number of para-hydroxylation sites is 1. The number of hydrogen-bond donors (Lipinski definition) is 2. The Bertz CT molecular complexity index is 1150. The minimum absolute atomic E-state index is 0.140. The number of carbonyl (C=O) groups excluding carboxylic acids is 1. The molecule has 2 aromatic carbocycles. The second-order valence-corrected chi connectivity index (χ2v) is 8.35. The first-order chi connectivity index (χ1) is 14.3. The molecule has 0 saturated carbocycles. The summed E-state index contributed by atoms with van der Waals surface area (Å²) in [6.07, 6.45) is 2.58. The molecule has 1 amide bonds. The number of rotatable bonds is 5. The van der Waals surface area contributed by atoms with Crippen molar-refractivity contribution in [3.63, 3.8) is 0 Å². The molecule has 7 heteroatoms. The molecule has 1 aliphatic heterocycles. The van der Waals surface area contributed by atoms with Gasteiger partial charge in [0.25, 0.3) is 0 Å². The third-order valence-corrected chi connectivity index (χ3v) is 6.11. The van der Waals surface area contributed by atoms with Crippen LogP contribution in [0.25, 0.3) is 22.4 Å². The zero-order valence-corrected chi connectivity index (χ0v) is 16.8. The number of carbonyl (C=O) groups is 1. The van der Waals surface area contributed by atoms with Gasteiger partial charge in [0.1, 0.15) is 0 Å². The maximum absolute atomic E-state index is 12.8. The number of anilines is 1. The van der Waals surface area contributed by atoms with Crippen LogP contribution in [0.4, 0.5) is 4.90 Å². The second-order valence-electron chi connectivity index (χ2n) is 7.40. The first-order valence-corrected chi connectivity index (χ1v) is 10.8. The monoisotopic (exact) mass is 400 g/mol. The number of amides is 1. The van der Waals surface area contributed by atoms with Gasteiger partial charge in [0, 0.05) is 0 Å². The van der Waals surface area contributed by atoms with E-state index < -0.39 is 0 Å². The number of aromatic amines is 1. The van der Waals surface area contributed by atoms with Gasteiger partial charge in [-0.25, -0.2) is 0 Å². The first kappa shape index (κ1) is 18.3. The molecule has 1 aliphatic rings. The van der Waals surface area contributed by atoms with Gasteiger partial charge in [0.05, 0.1) is 0 Å². The van der Waals surface area contributed by atoms with Gasteiger partial charge in [-0.15, -0.1) is 0 Å². The molecule has 0 atom stereocenters. The Balaban J connectivity index is 1.45. The van der Waals surface area contributed by atoms with Gasteiger partial charge in [0.2, 0.25) is 0 Å². The van der Waals surface area contributed by atoms with Gasteiger partial charge >= 0.3 is 148 Å². The Morgan fingerprint density at radius 1 is 1.21 bits per heavy atom. The van der Waals surface area contributed by atoms with Gasteiger partial charge in [0.15, 0.2) is 0 Å². The van der Waals surface area contributed by atoms with Gasteiger partial charge in [-0.05, 0) is 25.9 Å². The quantitative estimate of drug-likeness (QED) is 0.519. The van der Waals surface area contributed by atoms with Crippen LogP contribution in [0.5, 0.6) is 0 Å². The molecule has 1 saturated heterocycles. The van der Waals surface area contributed by atoms with E-state index in [9.17, 15) is 4.79 Å². The summed E-state index contributed by atoms with van der Waals surface area (Å²) in [5.41, 5.74) is 4.47. The van der Waals surface area contributed by atoms with Crippen LogP contribution in [0.1, 0.15) is 28.8 Å². The zero-order chi connectivity index (χ0) is 19.6. The third kappa shape index (κ3) is 3.88. The van der Waals surface area contributed by atoms with E-state index in [2.05, 4.69) is 39.5 Å². The van der Waals surface area contributed by atoms with Crippen molar-refractivity contribution in [1.29, 1.82) is 0 Å². The first-order valence-electron chi connectivity index (χ1n) is 9.91. The van der Waals surface area contributed by atoms with Crippen molar-refractivity contribution in [3.05, 3.63) is 64.9 Å². The normalized spacial score (nSPS) is 14.3. The number of nitrogens with zero attached hydrogens (tertiary/aromatic N) is 2. The number of imidazole rings is 1. The summed E-state index contributed by atoms with van der Waals surface area (Å²) in [5.74, 6) is 2.57. The molecule has 0 spiro atoms. The Hall–Kier alpha value is -2.77. The van der Waals surface area contributed by atoms with Crippen molar-refractivity contribution >= 4 is 40.1 Å². The van der Waals surface area contributed by atoms with E-state index in [4.69, 9.17) is 4.98 Å². The molecule has 5 nitrogen and oxygen atoms in total. The minimum atomic E-state index is -0.140. The van der Waals surface area contributed by atoms with Crippen LogP contribution in [0.15, 0.2) is 53.8 Å². The van der Waals surface area contributed by atoms with Crippen molar-refractivity contribution in [2.24, 2.45) is 0 Å². The molecule has 29 heavy (non-hydrogen) atoms. The molecule has 0 aliphatic carbocycles. The molecule has 3 heterocycles. The van der Waals surface area contributed by atoms with Crippen molar-refractivity contribution in [2.75, 3.05) is 18.4 Å². The summed E-state index contributed by atoms with van der Waals surface area (Å²) < 4.78 is 0. The summed E-state index contributed by atoms with van der Waals surface area (Å²) in [4.78, 5) is 24.2. The number of likely N-dealkylation sites (tertiary alicyclic amines) is 1. The van der Waals surface area contributed by atoms with Crippen molar-refractivity contribution < 1.29 is 4.79 Å². The molecule has 144 valence electrons. The van der Waals surface area contributed by atoms with Crippen LogP contribution in [-0.2, 0) is 6.54 Å². The predicted molar refractivity (Wildman–Crippen MR) is 120 cm³/mol. The summed E-state index contributed by atoms with van der Waals surface area (Å²) in [5, 5.41) is 4.89. The van der Waals surface area contributed by atoms with Gasteiger partial charge in [-0.1, -0.05) is 0 Å². The van der Waals surface area contributed by atoms with Crippen molar-refractivity contribution in [3.8, 4) is 11.4 Å². The van der Waals surface area contributed by atoms with Gasteiger partial charge in [-0.3, -0.25) is 0 Å². The van der Waals surface area contributed by atoms with E-state index in [1.165, 1.54) is 42.8 Å². The van der Waals surface area contributed by atoms with Gasteiger partial charge < -0.3 is 0 Å². The Labute approximate surface area is 174 Å². The van der Waals surface area contributed by atoms with Crippen LogP contribution < -0.4 is 5.32 Å². The Kier molecular flexibility index (Phi) is 5.00. The summed E-state index contributed by atoms with van der Waals surface area (Å²) in [6, 6.07) is 14.2. The summed E-state index contributed by atoms with van der Waals surface area (Å²) in [6.45, 7) is 5.22. The zero-order valence-electron chi connectivity index (χ0n) is 16.0. The molecular formula is C22H21BN4OS. The molecule has 2 N–H and O–H groups in total. The van der Waals surface area contributed by atoms with E-state index in [-0.39, 0.29) is 5.91 Å². The number of hydrogen-bond acceptors (Lipinski definition) is 4. The van der Waals surface area contributed by atoms with E-state index in [0.29, 0.717) is 11.1 Å². The second kappa shape index (κ2) is 7.93. The van der Waals surface area contributed by atoms with E-state index in [1.807, 2.05) is 36.5 Å². The fraction of sp³-hybridized carbons (Fsp3) is 0.227. The number of nitrogens with one attached hydrogen (secondary N) is 2. The third-order valence-electron chi connectivity index (χ3n) is 5.32. The number of fused-ring (bicyclic) bond motifs is 1. The average molecular weight is 400 g/mol. The fourth-order valence-corrected chi connectivity index (χ4v) is 4.51. The standard InChI is InChI=1S/C22H21BN4OS/c28-21(26-22-23-9-12-29-22)17-7-4-8-18-19(17)25-20(24-18)16-6-3-5-15(13-16)14-27-10-1-2-11-27/h3-9,12-13H,1-2,10-11,14H2,(H,24,25)(H,26,28). The molecule has 1 fully saturated rings. The van der Waals surface area contributed by atoms with Crippen LogP contribution in [-0.4, -0.2) is 40.8 Å². The molecule has 4 aromatic rings. The number of aromatic nitrogens is 2. The molecular weight excluding hydrogens is 379 g/mol. The summed E-state index contributed by atoms with van der Waals surface area (Å²) in [7, 11) is 0. The van der Waals surface area contributed by atoms with Gasteiger partial charge in [-0.2, -0.15) is 0 Å². The molecule has 2 aromatic heterocycles. The maximum atomic E-state index is 12.8. The van der Waals surface area contributed by atoms with E-state index in [1.54, 1.807) is 0 Å². The van der Waals surface area contributed by atoms with Crippen molar-refractivity contribution in [1.82, 2.24) is 14.9 Å². The Morgan fingerprint density at radius 3 is 2.90 bits per heavy atom. The average Bonchev–Trinajstić information content (AvgIpc) is 3.49. The van der Waals surface area contributed by atoms with Crippen molar-refractivity contribution in [2.45, 2.75) is 19.4 Å².